The van der Waals surface area contributed by atoms with Gasteiger partial charge in [0.2, 0.25) is 0 Å². The van der Waals surface area contributed by atoms with Gasteiger partial charge in [-0.3, -0.25) is 0 Å². The second kappa shape index (κ2) is 14.6. The summed E-state index contributed by atoms with van der Waals surface area (Å²) in [4.78, 5) is 32.5. The molecule has 14 heteroatoms. The average molecular weight is 710 g/mol. The van der Waals surface area contributed by atoms with Gasteiger partial charge in [-0.05, 0) is 27.7 Å². The van der Waals surface area contributed by atoms with E-state index >= 15 is 0 Å². The zero-order chi connectivity index (χ0) is 22.9. The van der Waals surface area contributed by atoms with Gasteiger partial charge in [-0.2, -0.15) is 0 Å². The van der Waals surface area contributed by atoms with Crippen LogP contribution in [0.1, 0.15) is 27.7 Å². The molecule has 3 aliphatic heterocycles. The Balaban J connectivity index is 0.00000363. The molecule has 0 aromatic rings. The summed E-state index contributed by atoms with van der Waals surface area (Å²) in [6, 6.07) is 0. The van der Waals surface area contributed by atoms with Crippen molar-refractivity contribution in [3.05, 3.63) is 0 Å². The van der Waals surface area contributed by atoms with E-state index in [4.69, 9.17) is 37.9 Å². The molecule has 3 aliphatic rings. The molecule has 3 saturated heterocycles. The molecule has 0 bridgehead atoms. The molecule has 0 N–H and O–H groups in total. The van der Waals surface area contributed by atoms with Crippen molar-refractivity contribution in [2.45, 2.75) is 81.1 Å². The fourth-order valence-corrected chi connectivity index (χ4v) is 4.75. The van der Waals surface area contributed by atoms with Gasteiger partial charge in [0, 0.05) is 105 Å². The minimum atomic E-state index is -1.29. The van der Waals surface area contributed by atoms with Crippen molar-refractivity contribution in [2.24, 2.45) is 0 Å². The Morgan fingerprint density at radius 1 is 1.00 bits per heavy atom. The predicted octanol–water partition coefficient (Wildman–Crippen LogP) is -0.508. The van der Waals surface area contributed by atoms with E-state index in [1.54, 1.807) is 27.7 Å². The summed E-state index contributed by atoms with van der Waals surface area (Å²) in [5, 5.41) is 0. The first-order valence-electron chi connectivity index (χ1n) is 9.91. The predicted molar refractivity (Wildman–Crippen MR) is 99.9 cm³/mol. The second-order valence-corrected chi connectivity index (χ2v) is 8.46. The van der Waals surface area contributed by atoms with Crippen LogP contribution in [0, 0.1) is 0 Å². The van der Waals surface area contributed by atoms with Gasteiger partial charge in [0.15, 0.2) is 5.60 Å². The van der Waals surface area contributed by atoms with Crippen molar-refractivity contribution in [1.29, 1.82) is 0 Å². The average Bonchev–Trinajstić information content (AvgIpc) is 2.71. The third kappa shape index (κ3) is 6.22. The van der Waals surface area contributed by atoms with E-state index in [2.05, 4.69) is 0 Å². The Morgan fingerprint density at radius 3 is 2.09 bits per heavy atom. The van der Waals surface area contributed by atoms with Crippen molar-refractivity contribution >= 4 is 19.4 Å². The maximum Gasteiger partial charge on any atom is 0.164 e. The van der Waals surface area contributed by atoms with Crippen LogP contribution in [0.25, 0.3) is 0 Å². The summed E-state index contributed by atoms with van der Waals surface area (Å²) in [6.45, 7) is 11.4. The molecule has 3 rings (SSSR count). The number of methoxy groups -OCH3 is 1. The Hall–Kier alpha value is 1.52. The topological polar surface area (TPSA) is 125 Å². The van der Waals surface area contributed by atoms with Crippen molar-refractivity contribution in [2.75, 3.05) is 26.9 Å². The van der Waals surface area contributed by atoms with Crippen molar-refractivity contribution in [3.8, 4) is 0 Å². The van der Waals surface area contributed by atoms with Crippen LogP contribution in [0.4, 0.5) is 0 Å². The molecule has 0 amide bonds. The minimum absolute atomic E-state index is 0. The Labute approximate surface area is 274 Å². The van der Waals surface area contributed by atoms with Crippen LogP contribution in [-0.2, 0) is 150 Å². The minimum Gasteiger partial charge on any atom is -0.649 e. The van der Waals surface area contributed by atoms with E-state index in [0.29, 0.717) is 0 Å². The van der Waals surface area contributed by atoms with Crippen LogP contribution in [0.2, 0.25) is 0 Å². The summed E-state index contributed by atoms with van der Waals surface area (Å²) >= 11 is 0. The summed E-state index contributed by atoms with van der Waals surface area (Å²) in [7, 11) is 1.46. The Kier molecular flexibility index (Phi) is 15.3. The first-order valence-corrected chi connectivity index (χ1v) is 9.91. The van der Waals surface area contributed by atoms with Crippen LogP contribution in [-0.4, -0.2) is 99.8 Å². The summed E-state index contributed by atoms with van der Waals surface area (Å²) < 4.78 is 45.0. The third-order valence-electron chi connectivity index (χ3n) is 6.36. The van der Waals surface area contributed by atoms with Crippen LogP contribution in [0.15, 0.2) is 0 Å². The molecule has 185 valence electrons. The second-order valence-electron chi connectivity index (χ2n) is 8.46. The van der Waals surface area contributed by atoms with Crippen LogP contribution < -0.4 is 0 Å². The fraction of sp³-hybridized carbons (Fsp3) is 0.850. The molecule has 11 nitrogen and oxygen atoms in total. The van der Waals surface area contributed by atoms with Gasteiger partial charge in [-0.1, -0.05) is 19.4 Å². The summed E-state index contributed by atoms with van der Waals surface area (Å²) in [6.07, 6.45) is -4.22. The molecular weight excluding hydrogens is 683 g/mol. The van der Waals surface area contributed by atoms with Gasteiger partial charge in [-0.15, -0.1) is 0 Å². The largest absolute Gasteiger partial charge is 0.649 e. The monoisotopic (exact) mass is 710 g/mol. The molecule has 9 unspecified atom stereocenters. The maximum atomic E-state index is 11.2. The summed E-state index contributed by atoms with van der Waals surface area (Å²) in [5.41, 5.74) is -3.43. The summed E-state index contributed by atoms with van der Waals surface area (Å²) in [5.74, 6) is 0. The smallest absolute Gasteiger partial charge is 0.164 e. The number of hydrogen-bond acceptors (Lipinski definition) is 11. The van der Waals surface area contributed by atoms with Crippen LogP contribution >= 0.6 is 0 Å². The Morgan fingerprint density at radius 2 is 1.65 bits per heavy atom. The number of hydrogen-bond donors (Lipinski definition) is 0. The van der Waals surface area contributed by atoms with Gasteiger partial charge < -0.3 is 52.3 Å². The van der Waals surface area contributed by atoms with Gasteiger partial charge in [0.25, 0.3) is 0 Å². The molecular formula is C20H27O11Y3-3. The van der Waals surface area contributed by atoms with E-state index in [0.717, 1.165) is 0 Å². The molecule has 0 aromatic carbocycles. The van der Waals surface area contributed by atoms with E-state index in [9.17, 15) is 14.4 Å². The van der Waals surface area contributed by atoms with Gasteiger partial charge in [-0.25, -0.2) is 0 Å². The molecule has 0 aliphatic carbocycles. The van der Waals surface area contributed by atoms with E-state index in [1.165, 1.54) is 26.5 Å². The SMILES string of the molecule is COC1C(C2OCC2(C)O[C-]=O)OC(C)C(OCC(C)O[C-]=O)C12OCC2(C)O[C-]=O.[Y].[Y].[Y]. The molecule has 3 heterocycles. The molecule has 0 aromatic heterocycles. The molecule has 3 radical (unpaired) electrons. The van der Waals surface area contributed by atoms with Crippen LogP contribution in [0.5, 0.6) is 0 Å². The quantitative estimate of drug-likeness (QED) is 0.204. The fourth-order valence-electron chi connectivity index (χ4n) is 4.75. The molecule has 9 atom stereocenters. The molecule has 1 spiro atoms. The van der Waals surface area contributed by atoms with Crippen LogP contribution in [0.3, 0.4) is 0 Å². The molecule has 34 heavy (non-hydrogen) atoms. The number of carbonyl (C=O) groups excluding carboxylic acids is 3. The van der Waals surface area contributed by atoms with Gasteiger partial charge >= 0.3 is 0 Å². The number of ether oxygens (including phenoxy) is 8. The van der Waals surface area contributed by atoms with E-state index in [-0.39, 0.29) is 118 Å². The standard InChI is InChI=1S/C20H27O11.3Y/c1-12(27-9-21)6-25-15-13(2)31-14(16-18(3,7-26-16)29-10-22)17(24-5)20(15)19(4,8-28-20)30-11-23;;;/h12-17H,6-8H2,1-5H3;;;/q-3;;;. The van der Waals surface area contributed by atoms with Gasteiger partial charge in [0.05, 0.1) is 32.0 Å². The number of rotatable bonds is 11. The third-order valence-corrected chi connectivity index (χ3v) is 6.36. The van der Waals surface area contributed by atoms with Crippen molar-refractivity contribution in [1.82, 2.24) is 0 Å². The van der Waals surface area contributed by atoms with Gasteiger partial charge in [0.1, 0.15) is 35.6 Å². The zero-order valence-corrected chi connectivity index (χ0v) is 28.3. The van der Waals surface area contributed by atoms with E-state index in [1.807, 2.05) is 0 Å². The molecule has 3 fully saturated rings. The van der Waals surface area contributed by atoms with Crippen molar-refractivity contribution < 1.29 is 150 Å². The zero-order valence-electron chi connectivity index (χ0n) is 19.8. The maximum absolute atomic E-state index is 11.2. The molecule has 0 saturated carbocycles. The first-order chi connectivity index (χ1) is 14.7. The van der Waals surface area contributed by atoms with Crippen molar-refractivity contribution in [3.63, 3.8) is 0 Å². The normalized spacial score (nSPS) is 41.0. The first kappa shape index (κ1) is 35.5. The Bertz CT molecular complexity index is 688. The van der Waals surface area contributed by atoms with E-state index < -0.39 is 53.4 Å².